The average Bonchev–Trinajstić information content (AvgIpc) is 3.68. The summed E-state index contributed by atoms with van der Waals surface area (Å²) in [5.74, 6) is 3.37. The van der Waals surface area contributed by atoms with Crippen molar-refractivity contribution in [2.24, 2.45) is 15.9 Å². The molecule has 6 nitrogen and oxygen atoms in total. The number of aliphatic imine (C=N–C) groups is 2. The number of amidine groups is 2. The van der Waals surface area contributed by atoms with Gasteiger partial charge in [0, 0.05) is 55.4 Å². The SMILES string of the molecule is C1=CC2C3(N=C(c4ccccc4)NC(c4ccccc4)=N3)C23C(=C1)Oc1ccc(-c2ccc4c(c2)c2ccccc2n4-c2ccc(-c4cccc5c4oc4ccccc45)cc2)cc13. The monoisotopic (exact) mass is 808 g/mol. The first-order chi connectivity index (χ1) is 31.2. The number of furan rings is 1. The quantitative estimate of drug-likeness (QED) is 0.188. The summed E-state index contributed by atoms with van der Waals surface area (Å²) in [4.78, 5) is 11.1. The molecule has 0 bridgehead atoms. The standard InChI is InChI=1S/C57H36N4O2/c1-3-13-36(14-4-1)54-58-55(37-15-5-2-6-16-37)60-57(59-54)51-23-12-24-52-56(51,57)46-34-39(28-32-50(46)62-52)38-27-31-48-45(33-38)42-17-7-9-21-47(42)61(48)40-29-25-35(26-30-40)41-19-11-20-44-43-18-8-10-22-49(43)63-53(41)44/h1-34,51H,(H,58,59,60). The Labute approximate surface area is 362 Å². The second-order valence-electron chi connectivity index (χ2n) is 16.9. The van der Waals surface area contributed by atoms with E-state index in [1.165, 1.54) is 10.8 Å². The molecular weight excluding hydrogens is 773 g/mol. The van der Waals surface area contributed by atoms with Gasteiger partial charge in [0.1, 0.15) is 39.8 Å². The smallest absolute Gasteiger partial charge is 0.179 e. The maximum absolute atomic E-state index is 6.75. The normalized spacial score (nSPS) is 19.0. The molecule has 2 aliphatic heterocycles. The molecule has 6 heteroatoms. The van der Waals surface area contributed by atoms with Gasteiger partial charge < -0.3 is 19.0 Å². The molecule has 0 radical (unpaired) electrons. The van der Waals surface area contributed by atoms with Gasteiger partial charge in [0.2, 0.25) is 0 Å². The number of allylic oxidation sites excluding steroid dienone is 2. The van der Waals surface area contributed by atoms with Crippen LogP contribution < -0.4 is 10.1 Å². The zero-order valence-corrected chi connectivity index (χ0v) is 33.9. The first-order valence-corrected chi connectivity index (χ1v) is 21.5. The van der Waals surface area contributed by atoms with E-state index in [-0.39, 0.29) is 5.92 Å². The van der Waals surface area contributed by atoms with E-state index in [9.17, 15) is 0 Å². The molecule has 296 valence electrons. The molecular formula is C57H36N4O2. The summed E-state index contributed by atoms with van der Waals surface area (Å²) < 4.78 is 15.5. The summed E-state index contributed by atoms with van der Waals surface area (Å²) in [5.41, 5.74) is 11.5. The predicted octanol–water partition coefficient (Wildman–Crippen LogP) is 12.9. The summed E-state index contributed by atoms with van der Waals surface area (Å²) in [6.07, 6.45) is 6.48. The first-order valence-electron chi connectivity index (χ1n) is 21.5. The average molecular weight is 809 g/mol. The molecule has 2 aromatic heterocycles. The van der Waals surface area contributed by atoms with Gasteiger partial charge in [-0.3, -0.25) is 0 Å². The minimum atomic E-state index is -0.817. The lowest BCUT2D eigenvalue weighted by Crippen LogP contribution is -2.40. The van der Waals surface area contributed by atoms with Crippen molar-refractivity contribution in [1.82, 2.24) is 9.88 Å². The van der Waals surface area contributed by atoms with E-state index >= 15 is 0 Å². The molecule has 0 saturated heterocycles. The highest BCUT2D eigenvalue weighted by molar-refractivity contribution is 6.17. The van der Waals surface area contributed by atoms with Crippen molar-refractivity contribution in [3.05, 3.63) is 229 Å². The molecule has 4 heterocycles. The van der Waals surface area contributed by atoms with Crippen LogP contribution in [0.5, 0.6) is 5.75 Å². The third kappa shape index (κ3) is 4.72. The van der Waals surface area contributed by atoms with Crippen LogP contribution in [0.3, 0.4) is 0 Å². The van der Waals surface area contributed by atoms with Gasteiger partial charge in [-0.2, -0.15) is 0 Å². The molecule has 14 rings (SSSR count). The van der Waals surface area contributed by atoms with Crippen molar-refractivity contribution < 1.29 is 9.15 Å². The number of nitrogens with zero attached hydrogens (tertiary/aromatic N) is 3. The van der Waals surface area contributed by atoms with Crippen molar-refractivity contribution in [3.63, 3.8) is 0 Å². The molecule has 2 atom stereocenters. The zero-order chi connectivity index (χ0) is 41.3. The summed E-state index contributed by atoms with van der Waals surface area (Å²) in [5, 5.41) is 8.28. The number of hydrogen-bond acceptors (Lipinski definition) is 5. The van der Waals surface area contributed by atoms with Crippen LogP contribution in [-0.2, 0) is 5.41 Å². The third-order valence-electron chi connectivity index (χ3n) is 13.7. The summed E-state index contributed by atoms with van der Waals surface area (Å²) in [6.45, 7) is 0. The lowest BCUT2D eigenvalue weighted by molar-refractivity contribution is 0.404. The molecule has 4 aliphatic rings. The van der Waals surface area contributed by atoms with Gasteiger partial charge in [-0.1, -0.05) is 152 Å². The fourth-order valence-corrected chi connectivity index (χ4v) is 10.8. The lowest BCUT2D eigenvalue weighted by Gasteiger charge is -2.25. The molecule has 8 aromatic carbocycles. The molecule has 1 saturated carbocycles. The fourth-order valence-electron chi connectivity index (χ4n) is 10.8. The Hall–Kier alpha value is -8.22. The van der Waals surface area contributed by atoms with Crippen LogP contribution in [-0.4, -0.2) is 21.9 Å². The molecule has 1 fully saturated rings. The van der Waals surface area contributed by atoms with Gasteiger partial charge in [0.25, 0.3) is 0 Å². The molecule has 1 N–H and O–H groups in total. The van der Waals surface area contributed by atoms with Crippen molar-refractivity contribution in [3.8, 4) is 33.7 Å². The zero-order valence-electron chi connectivity index (χ0n) is 33.9. The Morgan fingerprint density at radius 1 is 0.524 bits per heavy atom. The maximum atomic E-state index is 6.75. The number of rotatable bonds is 5. The van der Waals surface area contributed by atoms with Crippen LogP contribution in [0.25, 0.3) is 71.7 Å². The summed E-state index contributed by atoms with van der Waals surface area (Å²) in [7, 11) is 0. The highest BCUT2D eigenvalue weighted by Crippen LogP contribution is 2.76. The molecule has 2 unspecified atom stereocenters. The molecule has 63 heavy (non-hydrogen) atoms. The number of aromatic nitrogens is 1. The number of para-hydroxylation sites is 3. The summed E-state index contributed by atoms with van der Waals surface area (Å²) in [6, 6.07) is 66.5. The topological polar surface area (TPSA) is 64.1 Å². The Morgan fingerprint density at radius 3 is 1.97 bits per heavy atom. The van der Waals surface area contributed by atoms with Gasteiger partial charge in [-0.05, 0) is 71.3 Å². The minimum Gasteiger partial charge on any atom is -0.460 e. The third-order valence-corrected chi connectivity index (χ3v) is 13.7. The highest BCUT2D eigenvalue weighted by Gasteiger charge is 2.84. The van der Waals surface area contributed by atoms with Gasteiger partial charge in [-0.25, -0.2) is 9.98 Å². The van der Waals surface area contributed by atoms with E-state index in [4.69, 9.17) is 19.1 Å². The number of hydrogen-bond donors (Lipinski definition) is 1. The summed E-state index contributed by atoms with van der Waals surface area (Å²) >= 11 is 0. The number of benzene rings is 8. The van der Waals surface area contributed by atoms with E-state index in [2.05, 4.69) is 192 Å². The molecule has 2 spiro atoms. The Balaban J connectivity index is 0.876. The van der Waals surface area contributed by atoms with E-state index < -0.39 is 11.1 Å². The van der Waals surface area contributed by atoms with E-state index in [0.29, 0.717) is 0 Å². The van der Waals surface area contributed by atoms with Gasteiger partial charge in [-0.15, -0.1) is 0 Å². The van der Waals surface area contributed by atoms with Gasteiger partial charge in [0.05, 0.1) is 11.0 Å². The minimum absolute atomic E-state index is 0.0143. The van der Waals surface area contributed by atoms with E-state index in [1.807, 2.05) is 24.3 Å². The fraction of sp³-hybridized carbons (Fsp3) is 0.0526. The largest absolute Gasteiger partial charge is 0.460 e. The van der Waals surface area contributed by atoms with Crippen LogP contribution in [0, 0.1) is 5.92 Å². The van der Waals surface area contributed by atoms with E-state index in [1.54, 1.807) is 0 Å². The first kappa shape index (κ1) is 34.5. The van der Waals surface area contributed by atoms with Gasteiger partial charge in [0.15, 0.2) is 5.66 Å². The Bertz CT molecular complexity index is 3630. The molecule has 0 amide bonds. The molecule has 10 aromatic rings. The lowest BCUT2D eigenvalue weighted by atomic mass is 9.87. The van der Waals surface area contributed by atoms with Crippen LogP contribution in [0.15, 0.2) is 226 Å². The van der Waals surface area contributed by atoms with Crippen LogP contribution >= 0.6 is 0 Å². The van der Waals surface area contributed by atoms with E-state index in [0.717, 1.165) is 101 Å². The van der Waals surface area contributed by atoms with Crippen molar-refractivity contribution in [1.29, 1.82) is 0 Å². The van der Waals surface area contributed by atoms with Crippen LogP contribution in [0.2, 0.25) is 0 Å². The number of fused-ring (bicyclic) bond motifs is 8. The Morgan fingerprint density at radius 2 is 1.17 bits per heavy atom. The number of nitrogens with one attached hydrogen (secondary N) is 1. The van der Waals surface area contributed by atoms with Crippen molar-refractivity contribution >= 4 is 55.4 Å². The second-order valence-corrected chi connectivity index (χ2v) is 16.9. The van der Waals surface area contributed by atoms with Crippen LogP contribution in [0.4, 0.5) is 0 Å². The van der Waals surface area contributed by atoms with Crippen LogP contribution in [0.1, 0.15) is 16.7 Å². The Kier molecular flexibility index (Phi) is 6.93. The van der Waals surface area contributed by atoms with Gasteiger partial charge >= 0.3 is 0 Å². The highest BCUT2D eigenvalue weighted by atomic mass is 16.5. The van der Waals surface area contributed by atoms with Crippen molar-refractivity contribution in [2.45, 2.75) is 11.1 Å². The molecule has 2 aliphatic carbocycles. The van der Waals surface area contributed by atoms with Crippen molar-refractivity contribution in [2.75, 3.05) is 0 Å². The maximum Gasteiger partial charge on any atom is 0.179 e. The predicted molar refractivity (Wildman–Crippen MR) is 254 cm³/mol. The second kappa shape index (κ2) is 12.7. The number of ether oxygens (including phenoxy) is 1.